The molecule has 132 valence electrons. The van der Waals surface area contributed by atoms with Gasteiger partial charge in [0.15, 0.2) is 0 Å². The zero-order valence-electron chi connectivity index (χ0n) is 13.7. The van der Waals surface area contributed by atoms with Crippen molar-refractivity contribution in [2.75, 3.05) is 0 Å². The number of benzene rings is 2. The van der Waals surface area contributed by atoms with Gasteiger partial charge in [0, 0.05) is 36.0 Å². The smallest absolute Gasteiger partial charge is 0.220 e. The molecule has 2 aromatic rings. The highest BCUT2D eigenvalue weighted by Gasteiger charge is 2.05. The van der Waals surface area contributed by atoms with Gasteiger partial charge in [0.1, 0.15) is 0 Å². The van der Waals surface area contributed by atoms with Gasteiger partial charge in [-0.3, -0.25) is 9.59 Å². The van der Waals surface area contributed by atoms with Crippen LogP contribution in [-0.4, -0.2) is 11.8 Å². The molecule has 0 bridgehead atoms. The number of rotatable bonds is 8. The Hall–Kier alpha value is -2.04. The van der Waals surface area contributed by atoms with Crippen LogP contribution in [0.3, 0.4) is 0 Å². The first kappa shape index (κ1) is 19.3. The van der Waals surface area contributed by atoms with Gasteiger partial charge in [-0.2, -0.15) is 0 Å². The minimum atomic E-state index is -0.0690. The molecule has 2 N–H and O–H groups in total. The van der Waals surface area contributed by atoms with Gasteiger partial charge in [0.25, 0.3) is 0 Å². The number of halogens is 2. The summed E-state index contributed by atoms with van der Waals surface area (Å²) in [6.45, 7) is 0.914. The molecule has 0 aromatic heterocycles. The molecule has 2 rings (SSSR count). The monoisotopic (exact) mass is 378 g/mol. The summed E-state index contributed by atoms with van der Waals surface area (Å²) in [6, 6.07) is 14.6. The Labute approximate surface area is 157 Å². The minimum absolute atomic E-state index is 0.0690. The molecule has 0 spiro atoms. The van der Waals surface area contributed by atoms with Gasteiger partial charge in [0.2, 0.25) is 11.8 Å². The lowest BCUT2D eigenvalue weighted by Gasteiger charge is -2.07. The fraction of sp³-hybridized carbons (Fsp3) is 0.263. The van der Waals surface area contributed by atoms with Crippen LogP contribution in [0.2, 0.25) is 10.0 Å². The second-order valence-corrected chi connectivity index (χ2v) is 6.53. The van der Waals surface area contributed by atoms with Gasteiger partial charge in [-0.25, -0.2) is 0 Å². The van der Waals surface area contributed by atoms with Crippen LogP contribution in [0, 0.1) is 0 Å². The number of hydrogen-bond donors (Lipinski definition) is 2. The van der Waals surface area contributed by atoms with E-state index in [1.165, 1.54) is 0 Å². The van der Waals surface area contributed by atoms with Crippen LogP contribution in [0.15, 0.2) is 48.5 Å². The van der Waals surface area contributed by atoms with E-state index in [1.807, 2.05) is 24.3 Å². The molecule has 6 heteroatoms. The summed E-state index contributed by atoms with van der Waals surface area (Å²) in [5.74, 6) is -0.138. The summed E-state index contributed by atoms with van der Waals surface area (Å²) in [5, 5.41) is 6.99. The molecule has 0 aliphatic heterocycles. The van der Waals surface area contributed by atoms with E-state index in [4.69, 9.17) is 23.2 Å². The fourth-order valence-electron chi connectivity index (χ4n) is 2.19. The first-order chi connectivity index (χ1) is 12.0. The number of nitrogens with one attached hydrogen (secondary N) is 2. The van der Waals surface area contributed by atoms with Crippen molar-refractivity contribution in [1.82, 2.24) is 10.6 Å². The second-order valence-electron chi connectivity index (χ2n) is 5.66. The Bertz CT molecular complexity index is 639. The topological polar surface area (TPSA) is 58.2 Å². The van der Waals surface area contributed by atoms with Gasteiger partial charge < -0.3 is 10.6 Å². The average molecular weight is 379 g/mol. The third kappa shape index (κ3) is 7.59. The molecule has 25 heavy (non-hydrogen) atoms. The third-order valence-corrected chi connectivity index (χ3v) is 4.12. The van der Waals surface area contributed by atoms with Crippen LogP contribution < -0.4 is 10.6 Å². The van der Waals surface area contributed by atoms with Crippen LogP contribution in [-0.2, 0) is 22.7 Å². The highest BCUT2D eigenvalue weighted by molar-refractivity contribution is 6.30. The van der Waals surface area contributed by atoms with Gasteiger partial charge in [0.05, 0.1) is 0 Å². The normalized spacial score (nSPS) is 10.3. The Morgan fingerprint density at radius 3 is 1.40 bits per heavy atom. The van der Waals surface area contributed by atoms with E-state index in [9.17, 15) is 9.59 Å². The van der Waals surface area contributed by atoms with Crippen molar-refractivity contribution in [2.45, 2.75) is 32.4 Å². The van der Waals surface area contributed by atoms with Crippen molar-refractivity contribution in [3.63, 3.8) is 0 Å². The van der Waals surface area contributed by atoms with Gasteiger partial charge in [-0.1, -0.05) is 47.5 Å². The van der Waals surface area contributed by atoms with E-state index < -0.39 is 0 Å². The molecule has 0 atom stereocenters. The van der Waals surface area contributed by atoms with E-state index in [1.54, 1.807) is 24.3 Å². The van der Waals surface area contributed by atoms with Crippen molar-refractivity contribution in [3.8, 4) is 0 Å². The molecule has 0 fully saturated rings. The largest absolute Gasteiger partial charge is 0.352 e. The third-order valence-electron chi connectivity index (χ3n) is 3.61. The number of amides is 2. The second kappa shape index (κ2) is 10.1. The van der Waals surface area contributed by atoms with E-state index in [0.717, 1.165) is 11.1 Å². The molecular weight excluding hydrogens is 359 g/mol. The maximum atomic E-state index is 11.8. The first-order valence-electron chi connectivity index (χ1n) is 8.05. The van der Waals surface area contributed by atoms with Gasteiger partial charge in [-0.15, -0.1) is 0 Å². The summed E-state index contributed by atoms with van der Waals surface area (Å²) in [6.07, 6.45) is 1.16. The van der Waals surface area contributed by atoms with Crippen molar-refractivity contribution >= 4 is 35.0 Å². The van der Waals surface area contributed by atoms with Crippen LogP contribution in [0.25, 0.3) is 0 Å². The Kier molecular flexibility index (Phi) is 7.76. The lowest BCUT2D eigenvalue weighted by molar-refractivity contribution is -0.122. The minimum Gasteiger partial charge on any atom is -0.352 e. The molecular formula is C19H20Cl2N2O2. The molecule has 0 aliphatic rings. The highest BCUT2D eigenvalue weighted by Crippen LogP contribution is 2.10. The van der Waals surface area contributed by atoms with Crippen LogP contribution in [0.5, 0.6) is 0 Å². The maximum Gasteiger partial charge on any atom is 0.220 e. The summed E-state index contributed by atoms with van der Waals surface area (Å²) in [7, 11) is 0. The quantitative estimate of drug-likeness (QED) is 0.726. The summed E-state index contributed by atoms with van der Waals surface area (Å²) < 4.78 is 0. The van der Waals surface area contributed by atoms with E-state index in [0.29, 0.717) is 42.4 Å². The van der Waals surface area contributed by atoms with Gasteiger partial charge >= 0.3 is 0 Å². The summed E-state index contributed by atoms with van der Waals surface area (Å²) in [5.41, 5.74) is 1.97. The Balaban J connectivity index is 1.59. The molecule has 2 amide bonds. The Morgan fingerprint density at radius 2 is 1.04 bits per heavy atom. The van der Waals surface area contributed by atoms with E-state index in [-0.39, 0.29) is 11.8 Å². The Morgan fingerprint density at radius 1 is 0.680 bits per heavy atom. The highest BCUT2D eigenvalue weighted by atomic mass is 35.5. The maximum absolute atomic E-state index is 11.8. The molecule has 0 heterocycles. The van der Waals surface area contributed by atoms with E-state index >= 15 is 0 Å². The van der Waals surface area contributed by atoms with Crippen LogP contribution in [0.4, 0.5) is 0 Å². The lowest BCUT2D eigenvalue weighted by Crippen LogP contribution is -2.25. The molecule has 0 aliphatic carbocycles. The standard InChI is InChI=1S/C19H20Cl2N2O2/c20-16-8-4-14(5-9-16)12-22-18(24)2-1-3-19(25)23-13-15-6-10-17(21)11-7-15/h4-11H,1-3,12-13H2,(H,22,24)(H,23,25). The zero-order chi connectivity index (χ0) is 18.1. The predicted octanol–water partition coefficient (Wildman–Crippen LogP) is 4.10. The lowest BCUT2D eigenvalue weighted by atomic mass is 10.2. The molecule has 0 radical (unpaired) electrons. The molecule has 0 unspecified atom stereocenters. The summed E-state index contributed by atoms with van der Waals surface area (Å²) >= 11 is 11.6. The summed E-state index contributed by atoms with van der Waals surface area (Å²) in [4.78, 5) is 23.6. The van der Waals surface area contributed by atoms with Crippen molar-refractivity contribution < 1.29 is 9.59 Å². The average Bonchev–Trinajstić information content (AvgIpc) is 2.61. The fourth-order valence-corrected chi connectivity index (χ4v) is 2.44. The zero-order valence-corrected chi connectivity index (χ0v) is 15.2. The number of hydrogen-bond acceptors (Lipinski definition) is 2. The van der Waals surface area contributed by atoms with Crippen LogP contribution in [0.1, 0.15) is 30.4 Å². The molecule has 4 nitrogen and oxygen atoms in total. The number of carbonyl (C=O) groups excluding carboxylic acids is 2. The van der Waals surface area contributed by atoms with Crippen molar-refractivity contribution in [2.24, 2.45) is 0 Å². The van der Waals surface area contributed by atoms with Gasteiger partial charge in [-0.05, 0) is 41.8 Å². The molecule has 0 saturated heterocycles. The van der Waals surface area contributed by atoms with E-state index in [2.05, 4.69) is 10.6 Å². The predicted molar refractivity (Wildman–Crippen MR) is 100 cm³/mol. The number of carbonyl (C=O) groups is 2. The van der Waals surface area contributed by atoms with Crippen molar-refractivity contribution in [1.29, 1.82) is 0 Å². The van der Waals surface area contributed by atoms with Crippen LogP contribution >= 0.6 is 23.2 Å². The van der Waals surface area contributed by atoms with Crippen molar-refractivity contribution in [3.05, 3.63) is 69.7 Å². The first-order valence-corrected chi connectivity index (χ1v) is 8.81. The SMILES string of the molecule is O=C(CCCC(=O)NCc1ccc(Cl)cc1)NCc1ccc(Cl)cc1. The molecule has 2 aromatic carbocycles. The molecule has 0 saturated carbocycles.